The summed E-state index contributed by atoms with van der Waals surface area (Å²) < 4.78 is 0. The molecule has 0 aliphatic carbocycles. The maximum absolute atomic E-state index is 13.4. The molecular formula is C27H27N3O. The van der Waals surface area contributed by atoms with Crippen LogP contribution in [0.1, 0.15) is 25.3 Å². The van der Waals surface area contributed by atoms with Gasteiger partial charge in [0.15, 0.2) is 0 Å². The number of benzene rings is 3. The van der Waals surface area contributed by atoms with E-state index in [-0.39, 0.29) is 5.91 Å². The molecule has 0 spiro atoms. The molecule has 0 N–H and O–H groups in total. The molecule has 1 atom stereocenters. The van der Waals surface area contributed by atoms with Crippen molar-refractivity contribution < 1.29 is 4.79 Å². The molecule has 156 valence electrons. The van der Waals surface area contributed by atoms with Crippen LogP contribution in [0.2, 0.25) is 0 Å². The van der Waals surface area contributed by atoms with Crippen molar-refractivity contribution in [1.29, 1.82) is 0 Å². The number of para-hydroxylation sites is 1. The van der Waals surface area contributed by atoms with Crippen molar-refractivity contribution >= 4 is 23.0 Å². The van der Waals surface area contributed by atoms with Crippen LogP contribution < -0.4 is 4.90 Å². The first-order chi connectivity index (χ1) is 15.2. The fourth-order valence-corrected chi connectivity index (χ4v) is 4.61. The zero-order valence-corrected chi connectivity index (χ0v) is 17.9. The lowest BCUT2D eigenvalue weighted by Crippen LogP contribution is -2.45. The molecule has 4 heteroatoms. The van der Waals surface area contributed by atoms with Gasteiger partial charge in [0.25, 0.3) is 5.91 Å². The normalized spacial score (nSPS) is 20.3. The van der Waals surface area contributed by atoms with Crippen molar-refractivity contribution in [3.63, 3.8) is 0 Å². The maximum Gasteiger partial charge on any atom is 0.278 e. The third kappa shape index (κ3) is 4.04. The minimum atomic E-state index is -0.00781. The Balaban J connectivity index is 1.42. The number of hydrogen-bond acceptors (Lipinski definition) is 3. The molecule has 2 aliphatic rings. The number of likely N-dealkylation sites (tertiary alicyclic amines) is 1. The molecule has 3 aromatic carbocycles. The summed E-state index contributed by atoms with van der Waals surface area (Å²) >= 11 is 0. The Bertz CT molecular complexity index is 1100. The van der Waals surface area contributed by atoms with E-state index in [4.69, 9.17) is 4.99 Å². The summed E-state index contributed by atoms with van der Waals surface area (Å²) in [5.41, 5.74) is 5.53. The summed E-state index contributed by atoms with van der Waals surface area (Å²) in [6.07, 6.45) is 2.46. The first-order valence-corrected chi connectivity index (χ1v) is 11.1. The molecule has 2 aliphatic heterocycles. The summed E-state index contributed by atoms with van der Waals surface area (Å²) in [7, 11) is 0. The minimum absolute atomic E-state index is 0.00781. The highest BCUT2D eigenvalue weighted by Gasteiger charge is 2.35. The van der Waals surface area contributed by atoms with Gasteiger partial charge < -0.3 is 0 Å². The molecule has 1 fully saturated rings. The predicted octanol–water partition coefficient (Wildman–Crippen LogP) is 5.51. The van der Waals surface area contributed by atoms with E-state index in [1.807, 2.05) is 59.5 Å². The number of anilines is 1. The third-order valence-corrected chi connectivity index (χ3v) is 6.20. The second kappa shape index (κ2) is 8.48. The highest BCUT2D eigenvalue weighted by atomic mass is 16.2. The summed E-state index contributed by atoms with van der Waals surface area (Å²) in [5, 5.41) is 0. The summed E-state index contributed by atoms with van der Waals surface area (Å²) in [6, 6.07) is 26.4. The van der Waals surface area contributed by atoms with E-state index in [1.165, 1.54) is 18.4 Å². The molecule has 1 unspecified atom stereocenters. The Morgan fingerprint density at radius 2 is 1.61 bits per heavy atom. The number of rotatable bonds is 4. The van der Waals surface area contributed by atoms with E-state index in [2.05, 4.69) is 36.1 Å². The van der Waals surface area contributed by atoms with Crippen molar-refractivity contribution in [2.45, 2.75) is 19.8 Å². The van der Waals surface area contributed by atoms with Crippen LogP contribution >= 0.6 is 0 Å². The molecule has 2 heterocycles. The SMILES string of the molecule is CC1CCCN(CN2C(=O)C(=Nc3ccc(-c4ccccc4)cc3)c3ccccc32)C1. The summed E-state index contributed by atoms with van der Waals surface area (Å²) in [5.74, 6) is 0.671. The average Bonchev–Trinajstić information content (AvgIpc) is 3.06. The molecule has 0 radical (unpaired) electrons. The average molecular weight is 410 g/mol. The maximum atomic E-state index is 13.4. The van der Waals surface area contributed by atoms with Gasteiger partial charge >= 0.3 is 0 Å². The molecule has 4 nitrogen and oxygen atoms in total. The van der Waals surface area contributed by atoms with Crippen LogP contribution in [0, 0.1) is 5.92 Å². The number of carbonyl (C=O) groups excluding carboxylic acids is 1. The second-order valence-corrected chi connectivity index (χ2v) is 8.59. The van der Waals surface area contributed by atoms with E-state index in [0.717, 1.165) is 35.6 Å². The Kier molecular flexibility index (Phi) is 5.39. The van der Waals surface area contributed by atoms with Crippen LogP contribution in [0.5, 0.6) is 0 Å². The van der Waals surface area contributed by atoms with Gasteiger partial charge in [-0.1, -0.05) is 67.6 Å². The molecular weight excluding hydrogens is 382 g/mol. The Morgan fingerprint density at radius 3 is 2.39 bits per heavy atom. The van der Waals surface area contributed by atoms with Crippen molar-refractivity contribution in [2.75, 3.05) is 24.7 Å². The third-order valence-electron chi connectivity index (χ3n) is 6.20. The van der Waals surface area contributed by atoms with Crippen LogP contribution in [-0.4, -0.2) is 36.3 Å². The van der Waals surface area contributed by atoms with Crippen molar-refractivity contribution in [2.24, 2.45) is 10.9 Å². The Labute approximate surface area is 183 Å². The molecule has 0 aromatic heterocycles. The van der Waals surface area contributed by atoms with Gasteiger partial charge in [-0.05, 0) is 54.6 Å². The quantitative estimate of drug-likeness (QED) is 0.570. The standard InChI is InChI=1S/C27H27N3O/c1-20-8-7-17-29(18-20)19-30-25-12-6-5-11-24(25)26(27(30)31)28-23-15-13-22(14-16-23)21-9-3-2-4-10-21/h2-6,9-16,20H,7-8,17-19H2,1H3. The molecule has 0 saturated carbocycles. The van der Waals surface area contributed by atoms with E-state index in [0.29, 0.717) is 18.3 Å². The van der Waals surface area contributed by atoms with Crippen LogP contribution in [0.3, 0.4) is 0 Å². The zero-order valence-electron chi connectivity index (χ0n) is 17.9. The molecule has 0 bridgehead atoms. The molecule has 31 heavy (non-hydrogen) atoms. The Hall–Kier alpha value is -3.24. The monoisotopic (exact) mass is 409 g/mol. The van der Waals surface area contributed by atoms with Crippen LogP contribution in [-0.2, 0) is 4.79 Å². The molecule has 1 saturated heterocycles. The van der Waals surface area contributed by atoms with Crippen LogP contribution in [0.4, 0.5) is 11.4 Å². The van der Waals surface area contributed by atoms with Crippen LogP contribution in [0.15, 0.2) is 83.9 Å². The number of nitrogens with zero attached hydrogens (tertiary/aromatic N) is 3. The van der Waals surface area contributed by atoms with E-state index >= 15 is 0 Å². The first kappa shape index (κ1) is 19.7. The lowest BCUT2D eigenvalue weighted by atomic mass is 10.0. The first-order valence-electron chi connectivity index (χ1n) is 11.1. The second-order valence-electron chi connectivity index (χ2n) is 8.59. The van der Waals surface area contributed by atoms with Crippen molar-refractivity contribution in [1.82, 2.24) is 4.90 Å². The lowest BCUT2D eigenvalue weighted by Gasteiger charge is -2.33. The predicted molar refractivity (Wildman–Crippen MR) is 127 cm³/mol. The number of carbonyl (C=O) groups is 1. The smallest absolute Gasteiger partial charge is 0.278 e. The summed E-state index contributed by atoms with van der Waals surface area (Å²) in [4.78, 5) is 22.4. The van der Waals surface area contributed by atoms with Gasteiger partial charge in [0.2, 0.25) is 0 Å². The van der Waals surface area contributed by atoms with E-state index in [9.17, 15) is 4.79 Å². The largest absolute Gasteiger partial charge is 0.293 e. The number of hydrogen-bond donors (Lipinski definition) is 0. The van der Waals surface area contributed by atoms with Gasteiger partial charge in [-0.25, -0.2) is 4.99 Å². The van der Waals surface area contributed by atoms with Crippen molar-refractivity contribution in [3.8, 4) is 11.1 Å². The number of amides is 1. The minimum Gasteiger partial charge on any atom is -0.293 e. The topological polar surface area (TPSA) is 35.9 Å². The number of piperidine rings is 1. The van der Waals surface area contributed by atoms with Gasteiger partial charge in [0, 0.05) is 12.1 Å². The fourth-order valence-electron chi connectivity index (χ4n) is 4.61. The van der Waals surface area contributed by atoms with Gasteiger partial charge in [-0.3, -0.25) is 14.6 Å². The van der Waals surface area contributed by atoms with E-state index < -0.39 is 0 Å². The van der Waals surface area contributed by atoms with E-state index in [1.54, 1.807) is 0 Å². The number of fused-ring (bicyclic) bond motifs is 1. The summed E-state index contributed by atoms with van der Waals surface area (Å²) in [6.45, 7) is 5.01. The highest BCUT2D eigenvalue weighted by Crippen LogP contribution is 2.32. The number of aliphatic imine (C=N–C) groups is 1. The Morgan fingerprint density at radius 1 is 0.903 bits per heavy atom. The molecule has 5 rings (SSSR count). The lowest BCUT2D eigenvalue weighted by molar-refractivity contribution is -0.112. The fraction of sp³-hybridized carbons (Fsp3) is 0.259. The molecule has 1 amide bonds. The van der Waals surface area contributed by atoms with Crippen LogP contribution in [0.25, 0.3) is 11.1 Å². The molecule has 3 aromatic rings. The van der Waals surface area contributed by atoms with Crippen molar-refractivity contribution in [3.05, 3.63) is 84.4 Å². The van der Waals surface area contributed by atoms with Gasteiger partial charge in [-0.2, -0.15) is 0 Å². The zero-order chi connectivity index (χ0) is 21.2. The highest BCUT2D eigenvalue weighted by molar-refractivity contribution is 6.54. The van der Waals surface area contributed by atoms with Gasteiger partial charge in [-0.15, -0.1) is 0 Å². The van der Waals surface area contributed by atoms with Gasteiger partial charge in [0.05, 0.1) is 18.0 Å². The van der Waals surface area contributed by atoms with Gasteiger partial charge in [0.1, 0.15) is 5.71 Å².